The third-order valence-corrected chi connectivity index (χ3v) is 5.16. The Labute approximate surface area is 169 Å². The van der Waals surface area contributed by atoms with Crippen molar-refractivity contribution in [3.63, 3.8) is 0 Å². The molecule has 0 saturated heterocycles. The van der Waals surface area contributed by atoms with Crippen LogP contribution in [0.15, 0.2) is 36.5 Å². The number of carbonyl (C=O) groups is 1. The van der Waals surface area contributed by atoms with Crippen LogP contribution in [-0.4, -0.2) is 34.7 Å². The largest absolute Gasteiger partial charge is 0.457 e. The van der Waals surface area contributed by atoms with Gasteiger partial charge in [0.25, 0.3) is 0 Å². The van der Waals surface area contributed by atoms with E-state index < -0.39 is 17.6 Å². The molecule has 1 aliphatic carbocycles. The quantitative estimate of drug-likeness (QED) is 0.573. The molecule has 1 aliphatic rings. The van der Waals surface area contributed by atoms with Gasteiger partial charge in [-0.15, -0.1) is 0 Å². The number of hydrogen-bond donors (Lipinski definition) is 0. The van der Waals surface area contributed by atoms with Crippen molar-refractivity contribution in [2.45, 2.75) is 18.5 Å². The van der Waals surface area contributed by atoms with Gasteiger partial charge in [-0.2, -0.15) is 18.3 Å². The molecule has 0 radical (unpaired) electrons. The van der Waals surface area contributed by atoms with E-state index in [9.17, 15) is 22.4 Å². The number of ether oxygens (including phenoxy) is 1. The van der Waals surface area contributed by atoms with E-state index in [4.69, 9.17) is 4.74 Å². The lowest BCUT2D eigenvalue weighted by molar-refractivity contribution is -0.140. The number of fused-ring (bicyclic) bond motifs is 1. The van der Waals surface area contributed by atoms with Crippen molar-refractivity contribution < 1.29 is 27.1 Å². The van der Waals surface area contributed by atoms with Crippen LogP contribution in [0.2, 0.25) is 0 Å². The average Bonchev–Trinajstić information content (AvgIpc) is 3.33. The number of hydrogen-bond acceptors (Lipinski definition) is 3. The minimum atomic E-state index is -4.77. The van der Waals surface area contributed by atoms with E-state index in [2.05, 4.69) is 5.10 Å². The monoisotopic (exact) mass is 421 g/mol. The van der Waals surface area contributed by atoms with Gasteiger partial charge in [0.05, 0.1) is 11.1 Å². The van der Waals surface area contributed by atoms with E-state index in [1.54, 1.807) is 49.1 Å². The summed E-state index contributed by atoms with van der Waals surface area (Å²) in [4.78, 5) is 13.8. The fourth-order valence-electron chi connectivity index (χ4n) is 3.66. The third kappa shape index (κ3) is 3.71. The highest BCUT2D eigenvalue weighted by molar-refractivity contribution is 5.88. The minimum Gasteiger partial charge on any atom is -0.457 e. The van der Waals surface area contributed by atoms with Crippen molar-refractivity contribution in [3.05, 3.63) is 53.5 Å². The van der Waals surface area contributed by atoms with Crippen LogP contribution in [0.25, 0.3) is 10.9 Å². The first kappa shape index (κ1) is 20.2. The van der Waals surface area contributed by atoms with Crippen molar-refractivity contribution >= 4 is 16.8 Å². The second kappa shape index (κ2) is 7.00. The summed E-state index contributed by atoms with van der Waals surface area (Å²) < 4.78 is 59.5. The molecule has 0 unspecified atom stereocenters. The molecule has 158 valence electrons. The zero-order chi connectivity index (χ0) is 21.8. The molecular formula is C21H19F4N3O2. The summed E-state index contributed by atoms with van der Waals surface area (Å²) in [5.74, 6) is -1.25. The molecule has 0 aliphatic heterocycles. The predicted octanol–water partition coefficient (Wildman–Crippen LogP) is 4.72. The molecular weight excluding hydrogens is 402 g/mol. The number of amides is 1. The van der Waals surface area contributed by atoms with E-state index in [1.807, 2.05) is 0 Å². The van der Waals surface area contributed by atoms with Crippen molar-refractivity contribution in [3.8, 4) is 11.5 Å². The highest BCUT2D eigenvalue weighted by Gasteiger charge is 2.46. The molecule has 2 aromatic carbocycles. The van der Waals surface area contributed by atoms with Crippen molar-refractivity contribution in [1.29, 1.82) is 0 Å². The number of benzene rings is 2. The Morgan fingerprint density at radius 2 is 1.93 bits per heavy atom. The highest BCUT2D eigenvalue weighted by Crippen LogP contribution is 2.51. The van der Waals surface area contributed by atoms with E-state index in [-0.39, 0.29) is 23.5 Å². The van der Waals surface area contributed by atoms with Gasteiger partial charge in [-0.3, -0.25) is 9.48 Å². The number of alkyl halides is 3. The molecule has 9 heteroatoms. The number of halogens is 4. The standard InChI is InChI=1S/C21H19F4N3O2/c1-27(2)20(29)16-9-14(16)15-7-13(6-11-10-28(3)26-19(11)15)30-12-4-5-17(18(22)8-12)21(23,24)25/h4-8,10,14,16H,9H2,1-3H3/t14-,16+/m0/s1. The molecule has 0 spiro atoms. The minimum absolute atomic E-state index is 0.0230. The molecule has 1 aromatic heterocycles. The van der Waals surface area contributed by atoms with Gasteiger partial charge in [0.2, 0.25) is 5.91 Å². The van der Waals surface area contributed by atoms with Crippen LogP contribution in [0.3, 0.4) is 0 Å². The van der Waals surface area contributed by atoms with Crippen LogP contribution in [0.5, 0.6) is 11.5 Å². The number of nitrogens with zero attached hydrogens (tertiary/aromatic N) is 3. The molecule has 1 saturated carbocycles. The van der Waals surface area contributed by atoms with Crippen LogP contribution < -0.4 is 4.74 Å². The molecule has 1 fully saturated rings. The lowest BCUT2D eigenvalue weighted by Gasteiger charge is -2.12. The molecule has 4 rings (SSSR count). The second-order valence-electron chi connectivity index (χ2n) is 7.68. The van der Waals surface area contributed by atoms with Gasteiger partial charge in [-0.1, -0.05) is 0 Å². The molecule has 3 aromatic rings. The van der Waals surface area contributed by atoms with Gasteiger partial charge in [-0.05, 0) is 42.2 Å². The van der Waals surface area contributed by atoms with Gasteiger partial charge in [0.1, 0.15) is 17.3 Å². The first-order chi connectivity index (χ1) is 14.0. The molecule has 1 amide bonds. The molecule has 1 heterocycles. The summed E-state index contributed by atoms with van der Waals surface area (Å²) in [6.45, 7) is 0. The molecule has 0 N–H and O–H groups in total. The Hall–Kier alpha value is -3.10. The lowest BCUT2D eigenvalue weighted by Crippen LogP contribution is -2.23. The first-order valence-corrected chi connectivity index (χ1v) is 9.27. The van der Waals surface area contributed by atoms with E-state index >= 15 is 0 Å². The van der Waals surface area contributed by atoms with E-state index in [0.29, 0.717) is 24.3 Å². The van der Waals surface area contributed by atoms with Crippen LogP contribution in [0, 0.1) is 11.7 Å². The van der Waals surface area contributed by atoms with Crippen LogP contribution in [-0.2, 0) is 18.0 Å². The summed E-state index contributed by atoms with van der Waals surface area (Å²) in [5, 5.41) is 5.23. The molecule has 5 nitrogen and oxygen atoms in total. The summed E-state index contributed by atoms with van der Waals surface area (Å²) in [5.41, 5.74) is 0.222. The Bertz CT molecular complexity index is 1140. The number of carbonyl (C=O) groups excluding carboxylic acids is 1. The Kier molecular flexibility index (Phi) is 4.71. The highest BCUT2D eigenvalue weighted by atomic mass is 19.4. The lowest BCUT2D eigenvalue weighted by atomic mass is 10.0. The number of aryl methyl sites for hydroxylation is 1. The van der Waals surface area contributed by atoms with Crippen molar-refractivity contribution in [1.82, 2.24) is 14.7 Å². The van der Waals surface area contributed by atoms with E-state index in [1.165, 1.54) is 0 Å². The number of aromatic nitrogens is 2. The maximum atomic E-state index is 13.9. The van der Waals surface area contributed by atoms with Crippen LogP contribution in [0.1, 0.15) is 23.5 Å². The van der Waals surface area contributed by atoms with Crippen LogP contribution in [0.4, 0.5) is 17.6 Å². The third-order valence-electron chi connectivity index (χ3n) is 5.16. The predicted molar refractivity (Wildman–Crippen MR) is 102 cm³/mol. The summed E-state index contributed by atoms with van der Waals surface area (Å²) in [6.07, 6.45) is -2.31. The topological polar surface area (TPSA) is 47.4 Å². The average molecular weight is 421 g/mol. The van der Waals surface area contributed by atoms with Gasteiger partial charge in [0, 0.05) is 44.7 Å². The smallest absolute Gasteiger partial charge is 0.419 e. The summed E-state index contributed by atoms with van der Waals surface area (Å²) >= 11 is 0. The molecule has 2 atom stereocenters. The normalized spacial score (nSPS) is 18.5. The van der Waals surface area contributed by atoms with Crippen LogP contribution >= 0.6 is 0 Å². The molecule has 0 bridgehead atoms. The maximum Gasteiger partial charge on any atom is 0.419 e. The van der Waals surface area contributed by atoms with Gasteiger partial charge in [-0.25, -0.2) is 4.39 Å². The Morgan fingerprint density at radius 3 is 2.57 bits per heavy atom. The van der Waals surface area contributed by atoms with Gasteiger partial charge >= 0.3 is 6.18 Å². The zero-order valence-electron chi connectivity index (χ0n) is 16.5. The first-order valence-electron chi connectivity index (χ1n) is 9.27. The van der Waals surface area contributed by atoms with Crippen molar-refractivity contribution in [2.24, 2.45) is 13.0 Å². The number of rotatable bonds is 4. The SMILES string of the molecule is CN(C)C(=O)[C@@H]1C[C@H]1c1cc(Oc2ccc(C(F)(F)F)c(F)c2)cc2cn(C)nc12. The van der Waals surface area contributed by atoms with Gasteiger partial charge in [0.15, 0.2) is 0 Å². The fraction of sp³-hybridized carbons (Fsp3) is 0.333. The fourth-order valence-corrected chi connectivity index (χ4v) is 3.66. The summed E-state index contributed by atoms with van der Waals surface area (Å²) in [7, 11) is 5.17. The zero-order valence-corrected chi connectivity index (χ0v) is 16.5. The van der Waals surface area contributed by atoms with Gasteiger partial charge < -0.3 is 9.64 Å². The second-order valence-corrected chi connectivity index (χ2v) is 7.68. The molecule has 30 heavy (non-hydrogen) atoms. The Balaban J connectivity index is 1.68. The summed E-state index contributed by atoms with van der Waals surface area (Å²) in [6, 6.07) is 5.85. The Morgan fingerprint density at radius 1 is 1.20 bits per heavy atom. The van der Waals surface area contributed by atoms with E-state index in [0.717, 1.165) is 22.5 Å². The van der Waals surface area contributed by atoms with Crippen molar-refractivity contribution in [2.75, 3.05) is 14.1 Å². The maximum absolute atomic E-state index is 13.9.